The van der Waals surface area contributed by atoms with Gasteiger partial charge in [0.15, 0.2) is 0 Å². The van der Waals surface area contributed by atoms with Crippen LogP contribution in [-0.4, -0.2) is 0 Å². The molecule has 0 aromatic heterocycles. The Morgan fingerprint density at radius 3 is 1.33 bits per heavy atom. The van der Waals surface area contributed by atoms with Crippen LogP contribution in [0.2, 0.25) is 10.0 Å². The van der Waals surface area contributed by atoms with Crippen LogP contribution in [-0.2, 0) is 4.08 Å². The van der Waals surface area contributed by atoms with E-state index in [1.54, 1.807) is 24.3 Å². The molecule has 0 fully saturated rings. The van der Waals surface area contributed by atoms with E-state index in [4.69, 9.17) is 23.2 Å². The summed E-state index contributed by atoms with van der Waals surface area (Å²) in [6.45, 7) is 0. The number of hydrogen-bond acceptors (Lipinski definition) is 4. The Bertz CT molecular complexity index is 637. The van der Waals surface area contributed by atoms with Crippen molar-refractivity contribution in [1.29, 1.82) is 10.5 Å². The van der Waals surface area contributed by atoms with E-state index in [0.717, 1.165) is 34.7 Å². The zero-order valence-electron chi connectivity index (χ0n) is 10.6. The van der Waals surface area contributed by atoms with Crippen molar-refractivity contribution >= 4 is 46.7 Å². The summed E-state index contributed by atoms with van der Waals surface area (Å²) in [5.41, 5.74) is 1.65. The van der Waals surface area contributed by atoms with Gasteiger partial charge in [-0.15, -0.1) is 0 Å². The minimum absolute atomic E-state index is 0.604. The molecule has 0 bridgehead atoms. The lowest BCUT2D eigenvalue weighted by atomic mass is 10.0. The van der Waals surface area contributed by atoms with Crippen LogP contribution < -0.4 is 0 Å². The van der Waals surface area contributed by atoms with Crippen LogP contribution in [0.15, 0.2) is 48.5 Å². The third-order valence-electron chi connectivity index (χ3n) is 2.83. The third-order valence-corrected chi connectivity index (χ3v) is 5.53. The zero-order valence-corrected chi connectivity index (χ0v) is 13.7. The second-order valence-corrected chi connectivity index (χ2v) is 7.15. The fraction of sp³-hybridized carbons (Fsp3) is 0.0667. The van der Waals surface area contributed by atoms with Gasteiger partial charge in [0.2, 0.25) is 0 Å². The predicted molar refractivity (Wildman–Crippen MR) is 90.1 cm³/mol. The van der Waals surface area contributed by atoms with E-state index in [1.165, 1.54) is 0 Å². The minimum atomic E-state index is -0.835. The lowest BCUT2D eigenvalue weighted by Gasteiger charge is -2.28. The van der Waals surface area contributed by atoms with E-state index in [9.17, 15) is 10.5 Å². The molecular formula is C15H8Cl2N2S2. The molecule has 0 amide bonds. The predicted octanol–water partition coefficient (Wildman–Crippen LogP) is 5.62. The number of benzene rings is 2. The molecule has 0 aliphatic carbocycles. The average molecular weight is 351 g/mol. The number of hydrogen-bond donors (Lipinski definition) is 0. The first kappa shape index (κ1) is 16.1. The number of nitrogens with zero attached hydrogens (tertiary/aromatic N) is 2. The summed E-state index contributed by atoms with van der Waals surface area (Å²) in [5.74, 6) is 0. The molecule has 2 rings (SSSR count). The van der Waals surface area contributed by atoms with Gasteiger partial charge in [0.1, 0.15) is 14.9 Å². The van der Waals surface area contributed by atoms with Gasteiger partial charge >= 0.3 is 0 Å². The van der Waals surface area contributed by atoms with Crippen LogP contribution in [0.5, 0.6) is 0 Å². The second-order valence-electron chi connectivity index (χ2n) is 4.02. The Kier molecular flexibility index (Phi) is 5.45. The van der Waals surface area contributed by atoms with Crippen LogP contribution in [0.4, 0.5) is 0 Å². The van der Waals surface area contributed by atoms with Gasteiger partial charge in [0, 0.05) is 10.0 Å². The first-order chi connectivity index (χ1) is 10.1. The second kappa shape index (κ2) is 7.11. The molecular weight excluding hydrogens is 343 g/mol. The topological polar surface area (TPSA) is 47.6 Å². The fourth-order valence-electron chi connectivity index (χ4n) is 1.89. The Hall–Kier alpha value is -1.30. The molecule has 0 radical (unpaired) electrons. The Balaban J connectivity index is 2.63. The highest BCUT2D eigenvalue weighted by molar-refractivity contribution is 8.21. The summed E-state index contributed by atoms with van der Waals surface area (Å²) in [4.78, 5) is 0. The molecule has 0 spiro atoms. The molecule has 2 aromatic rings. The lowest BCUT2D eigenvalue weighted by Crippen LogP contribution is -2.18. The van der Waals surface area contributed by atoms with Gasteiger partial charge in [0.25, 0.3) is 0 Å². The van der Waals surface area contributed by atoms with Crippen LogP contribution in [0.1, 0.15) is 11.1 Å². The first-order valence-corrected chi connectivity index (χ1v) is 8.17. The summed E-state index contributed by atoms with van der Waals surface area (Å²) in [5, 5.41) is 23.8. The molecule has 2 aromatic carbocycles. The Labute approximate surface area is 141 Å². The molecule has 0 N–H and O–H groups in total. The summed E-state index contributed by atoms with van der Waals surface area (Å²) < 4.78 is -0.835. The Morgan fingerprint density at radius 2 is 1.05 bits per heavy atom. The van der Waals surface area contributed by atoms with Crippen LogP contribution in [0, 0.1) is 21.3 Å². The van der Waals surface area contributed by atoms with Crippen LogP contribution in [0.25, 0.3) is 0 Å². The van der Waals surface area contributed by atoms with E-state index in [1.807, 2.05) is 24.3 Å². The van der Waals surface area contributed by atoms with Gasteiger partial charge in [0.05, 0.1) is 0 Å². The monoisotopic (exact) mass is 350 g/mol. The van der Waals surface area contributed by atoms with E-state index >= 15 is 0 Å². The highest BCUT2D eigenvalue weighted by atomic mass is 35.5. The minimum Gasteiger partial charge on any atom is -0.185 e. The SMILES string of the molecule is N#CSC(SC#N)(c1ccc(Cl)cc1)c1ccc(Cl)cc1. The molecule has 21 heavy (non-hydrogen) atoms. The lowest BCUT2D eigenvalue weighted by molar-refractivity contribution is 1.08. The maximum Gasteiger partial charge on any atom is 0.139 e. The van der Waals surface area contributed by atoms with Crippen molar-refractivity contribution in [2.45, 2.75) is 4.08 Å². The molecule has 0 saturated heterocycles. The highest BCUT2D eigenvalue weighted by Gasteiger charge is 2.37. The molecule has 2 nitrogen and oxygen atoms in total. The quantitative estimate of drug-likeness (QED) is 0.530. The van der Waals surface area contributed by atoms with Gasteiger partial charge in [-0.25, -0.2) is 0 Å². The third kappa shape index (κ3) is 3.48. The molecule has 0 aliphatic rings. The smallest absolute Gasteiger partial charge is 0.139 e. The maximum atomic E-state index is 9.20. The molecule has 104 valence electrons. The number of halogens is 2. The van der Waals surface area contributed by atoms with E-state index in [0.29, 0.717) is 10.0 Å². The van der Waals surface area contributed by atoms with Crippen molar-refractivity contribution in [2.75, 3.05) is 0 Å². The van der Waals surface area contributed by atoms with E-state index in [2.05, 4.69) is 10.8 Å². The summed E-state index contributed by atoms with van der Waals surface area (Å²) in [6.07, 6.45) is 0. The van der Waals surface area contributed by atoms with E-state index < -0.39 is 4.08 Å². The summed E-state index contributed by atoms with van der Waals surface area (Å²) in [7, 11) is 0. The normalized spacial score (nSPS) is 10.7. The first-order valence-electron chi connectivity index (χ1n) is 5.78. The zero-order chi connectivity index (χ0) is 15.3. The highest BCUT2D eigenvalue weighted by Crippen LogP contribution is 2.51. The standard InChI is InChI=1S/C15H8Cl2N2S2/c16-13-5-1-11(2-6-13)15(20-9-18,21-10-19)12-3-7-14(17)8-4-12/h1-8H. The summed E-state index contributed by atoms with van der Waals surface area (Å²) in [6, 6.07) is 14.3. The van der Waals surface area contributed by atoms with Crippen LogP contribution >= 0.6 is 46.7 Å². The number of nitriles is 2. The summed E-state index contributed by atoms with van der Waals surface area (Å²) >= 11 is 13.9. The molecule has 0 aliphatic heterocycles. The van der Waals surface area contributed by atoms with Gasteiger partial charge in [-0.1, -0.05) is 47.5 Å². The number of thioether (sulfide) groups is 2. The van der Waals surface area contributed by atoms with Gasteiger partial charge in [-0.2, -0.15) is 10.5 Å². The van der Waals surface area contributed by atoms with Gasteiger partial charge < -0.3 is 0 Å². The molecule has 0 unspecified atom stereocenters. The van der Waals surface area contributed by atoms with Crippen molar-refractivity contribution in [2.24, 2.45) is 0 Å². The molecule has 0 saturated carbocycles. The van der Waals surface area contributed by atoms with Crippen molar-refractivity contribution in [3.63, 3.8) is 0 Å². The molecule has 0 atom stereocenters. The van der Waals surface area contributed by atoms with Crippen molar-refractivity contribution in [3.05, 3.63) is 69.7 Å². The van der Waals surface area contributed by atoms with Gasteiger partial charge in [-0.05, 0) is 58.9 Å². The van der Waals surface area contributed by atoms with Crippen molar-refractivity contribution < 1.29 is 0 Å². The number of rotatable bonds is 4. The average Bonchev–Trinajstić information content (AvgIpc) is 2.48. The van der Waals surface area contributed by atoms with Gasteiger partial charge in [-0.3, -0.25) is 0 Å². The van der Waals surface area contributed by atoms with Crippen LogP contribution in [0.3, 0.4) is 0 Å². The Morgan fingerprint density at radius 1 is 0.714 bits per heavy atom. The maximum absolute atomic E-state index is 9.20. The molecule has 6 heteroatoms. The fourth-order valence-corrected chi connectivity index (χ4v) is 3.81. The van der Waals surface area contributed by atoms with Crippen molar-refractivity contribution in [1.82, 2.24) is 0 Å². The molecule has 0 heterocycles. The van der Waals surface area contributed by atoms with Crippen molar-refractivity contribution in [3.8, 4) is 10.8 Å². The number of thiocyanates is 2. The van der Waals surface area contributed by atoms with E-state index in [-0.39, 0.29) is 0 Å². The largest absolute Gasteiger partial charge is 0.185 e.